The van der Waals surface area contributed by atoms with Gasteiger partial charge in [-0.15, -0.1) is 0 Å². The number of hydrogen-bond donors (Lipinski definition) is 0. The van der Waals surface area contributed by atoms with Gasteiger partial charge in [-0.25, -0.2) is 9.97 Å². The Hall–Kier alpha value is -2.97. The summed E-state index contributed by atoms with van der Waals surface area (Å²) in [4.78, 5) is 11.9. The third-order valence-electron chi connectivity index (χ3n) is 5.45. The number of aromatic nitrogens is 3. The molecule has 0 atom stereocenters. The Morgan fingerprint density at radius 3 is 2.96 bits per heavy atom. The first kappa shape index (κ1) is 16.2. The normalized spacial score (nSPS) is 16.7. The summed E-state index contributed by atoms with van der Waals surface area (Å²) in [5.41, 5.74) is 5.44. The molecule has 0 spiro atoms. The van der Waals surface area contributed by atoms with Crippen molar-refractivity contribution in [2.75, 3.05) is 6.54 Å². The number of nitrogens with zero attached hydrogens (tertiary/aromatic N) is 5. The van der Waals surface area contributed by atoms with Gasteiger partial charge >= 0.3 is 0 Å². The van der Waals surface area contributed by atoms with Crippen LogP contribution in [0.4, 0.5) is 0 Å². The van der Waals surface area contributed by atoms with Crippen molar-refractivity contribution in [3.05, 3.63) is 77.1 Å². The minimum Gasteiger partial charge on any atom is -0.320 e. The van der Waals surface area contributed by atoms with E-state index in [0.29, 0.717) is 11.5 Å². The molecule has 0 bridgehead atoms. The van der Waals surface area contributed by atoms with E-state index in [1.807, 2.05) is 30.5 Å². The second-order valence-electron chi connectivity index (χ2n) is 7.47. The van der Waals surface area contributed by atoms with Gasteiger partial charge in [0.1, 0.15) is 5.82 Å². The van der Waals surface area contributed by atoms with Gasteiger partial charge < -0.3 is 4.57 Å². The Kier molecular flexibility index (Phi) is 3.99. The van der Waals surface area contributed by atoms with E-state index in [9.17, 15) is 0 Å². The van der Waals surface area contributed by atoms with Crippen molar-refractivity contribution >= 4 is 0 Å². The minimum absolute atomic E-state index is 0.612. The van der Waals surface area contributed by atoms with Crippen molar-refractivity contribution < 1.29 is 0 Å². The van der Waals surface area contributed by atoms with Crippen molar-refractivity contribution in [1.29, 1.82) is 5.26 Å². The lowest BCUT2D eigenvalue weighted by atomic mass is 10.1. The average molecular weight is 355 g/mol. The molecule has 0 N–H and O–H groups in total. The van der Waals surface area contributed by atoms with Crippen LogP contribution in [-0.4, -0.2) is 26.0 Å². The largest absolute Gasteiger partial charge is 0.320 e. The van der Waals surface area contributed by atoms with Gasteiger partial charge in [0.25, 0.3) is 0 Å². The second-order valence-corrected chi connectivity index (χ2v) is 7.47. The highest BCUT2D eigenvalue weighted by atomic mass is 15.2. The molecule has 3 aromatic rings. The van der Waals surface area contributed by atoms with Crippen LogP contribution in [0.15, 0.2) is 48.8 Å². The fourth-order valence-corrected chi connectivity index (χ4v) is 3.81. The molecule has 3 heterocycles. The van der Waals surface area contributed by atoms with Crippen LogP contribution >= 0.6 is 0 Å². The van der Waals surface area contributed by atoms with Crippen LogP contribution in [0.1, 0.15) is 47.1 Å². The lowest BCUT2D eigenvalue weighted by Gasteiger charge is -2.28. The van der Waals surface area contributed by atoms with Crippen LogP contribution in [0, 0.1) is 11.3 Å². The zero-order chi connectivity index (χ0) is 18.2. The fraction of sp³-hybridized carbons (Fsp3) is 0.318. The van der Waals surface area contributed by atoms with E-state index in [-0.39, 0.29) is 0 Å². The summed E-state index contributed by atoms with van der Waals surface area (Å²) in [6, 6.07) is 14.2. The molecule has 5 rings (SSSR count). The van der Waals surface area contributed by atoms with E-state index in [1.165, 1.54) is 29.8 Å². The molecule has 1 aliphatic heterocycles. The van der Waals surface area contributed by atoms with Gasteiger partial charge in [-0.1, -0.05) is 6.07 Å². The van der Waals surface area contributed by atoms with Gasteiger partial charge in [0.2, 0.25) is 0 Å². The van der Waals surface area contributed by atoms with Crippen LogP contribution in [0.25, 0.3) is 5.69 Å². The van der Waals surface area contributed by atoms with Gasteiger partial charge in [-0.05, 0) is 43.2 Å². The van der Waals surface area contributed by atoms with Crippen LogP contribution in [0.3, 0.4) is 0 Å². The number of benzene rings is 1. The van der Waals surface area contributed by atoms with Gasteiger partial charge in [-0.2, -0.15) is 5.26 Å². The van der Waals surface area contributed by atoms with E-state index < -0.39 is 0 Å². The molecule has 1 aliphatic carbocycles. The maximum Gasteiger partial charge on any atom is 0.131 e. The van der Waals surface area contributed by atoms with E-state index in [0.717, 1.165) is 37.6 Å². The number of nitriles is 1. The first-order valence-corrected chi connectivity index (χ1v) is 9.54. The first-order valence-electron chi connectivity index (χ1n) is 9.54. The molecule has 5 nitrogen and oxygen atoms in total. The maximum atomic E-state index is 9.16. The Morgan fingerprint density at radius 1 is 1.19 bits per heavy atom. The second kappa shape index (κ2) is 6.64. The Morgan fingerprint density at radius 2 is 2.11 bits per heavy atom. The topological polar surface area (TPSA) is 57.7 Å². The Labute approximate surface area is 158 Å². The van der Waals surface area contributed by atoms with Crippen LogP contribution in [0.2, 0.25) is 0 Å². The highest BCUT2D eigenvalue weighted by molar-refractivity contribution is 5.42. The molecule has 0 unspecified atom stereocenters. The Bertz CT molecular complexity index is 1030. The van der Waals surface area contributed by atoms with Crippen molar-refractivity contribution in [2.45, 2.75) is 38.3 Å². The van der Waals surface area contributed by atoms with E-state index >= 15 is 0 Å². The van der Waals surface area contributed by atoms with Gasteiger partial charge in [0.15, 0.2) is 0 Å². The molecule has 0 saturated heterocycles. The van der Waals surface area contributed by atoms with E-state index in [1.54, 1.807) is 0 Å². The van der Waals surface area contributed by atoms with Crippen LogP contribution in [0.5, 0.6) is 0 Å². The van der Waals surface area contributed by atoms with Crippen molar-refractivity contribution in [3.8, 4) is 11.8 Å². The van der Waals surface area contributed by atoms with Crippen molar-refractivity contribution in [1.82, 2.24) is 19.4 Å². The average Bonchev–Trinajstić information content (AvgIpc) is 3.47. The van der Waals surface area contributed by atoms with Crippen LogP contribution in [-0.2, 0) is 19.5 Å². The smallest absolute Gasteiger partial charge is 0.131 e. The molecule has 1 fully saturated rings. The summed E-state index contributed by atoms with van der Waals surface area (Å²) in [6.45, 7) is 2.77. The number of fused-ring (bicyclic) bond motifs is 1. The fourth-order valence-electron chi connectivity index (χ4n) is 3.81. The highest BCUT2D eigenvalue weighted by Crippen LogP contribution is 2.38. The van der Waals surface area contributed by atoms with Gasteiger partial charge in [0.05, 0.1) is 11.6 Å². The third-order valence-corrected chi connectivity index (χ3v) is 5.45. The molecule has 0 radical (unpaired) electrons. The SMILES string of the molecule is N#Cc1cccc(-n2cccc2CN2CCc3nc(C4CC4)ncc3C2)c1. The van der Waals surface area contributed by atoms with Gasteiger partial charge in [0, 0.05) is 67.0 Å². The van der Waals surface area contributed by atoms with Crippen molar-refractivity contribution in [3.63, 3.8) is 0 Å². The zero-order valence-corrected chi connectivity index (χ0v) is 15.2. The molecule has 27 heavy (non-hydrogen) atoms. The van der Waals surface area contributed by atoms with E-state index in [4.69, 9.17) is 10.2 Å². The quantitative estimate of drug-likeness (QED) is 0.718. The zero-order valence-electron chi connectivity index (χ0n) is 15.2. The molecule has 1 saturated carbocycles. The molecule has 0 amide bonds. The van der Waals surface area contributed by atoms with Crippen LogP contribution < -0.4 is 0 Å². The molecule has 5 heteroatoms. The molecular weight excluding hydrogens is 334 g/mol. The minimum atomic E-state index is 0.612. The molecule has 134 valence electrons. The molecule has 2 aliphatic rings. The predicted octanol–water partition coefficient (Wildman–Crippen LogP) is 3.57. The lowest BCUT2D eigenvalue weighted by molar-refractivity contribution is 0.238. The molecule has 1 aromatic carbocycles. The summed E-state index contributed by atoms with van der Waals surface area (Å²) in [5.74, 6) is 1.66. The summed E-state index contributed by atoms with van der Waals surface area (Å²) in [5, 5.41) is 9.16. The molecular formula is C22H21N5. The summed E-state index contributed by atoms with van der Waals surface area (Å²) in [7, 11) is 0. The van der Waals surface area contributed by atoms with Crippen molar-refractivity contribution in [2.24, 2.45) is 0 Å². The summed E-state index contributed by atoms with van der Waals surface area (Å²) >= 11 is 0. The van der Waals surface area contributed by atoms with E-state index in [2.05, 4.69) is 38.8 Å². The summed E-state index contributed by atoms with van der Waals surface area (Å²) < 4.78 is 2.17. The number of hydrogen-bond acceptors (Lipinski definition) is 4. The van der Waals surface area contributed by atoms with Gasteiger partial charge in [-0.3, -0.25) is 4.90 Å². The summed E-state index contributed by atoms with van der Waals surface area (Å²) in [6.07, 6.45) is 7.58. The predicted molar refractivity (Wildman–Crippen MR) is 102 cm³/mol. The first-order chi connectivity index (χ1) is 13.3. The highest BCUT2D eigenvalue weighted by Gasteiger charge is 2.28. The third kappa shape index (κ3) is 3.24. The Balaban J connectivity index is 1.35. The maximum absolute atomic E-state index is 9.16. The number of rotatable bonds is 4. The standard InChI is InChI=1S/C22H21N5/c23-12-16-3-1-4-19(11-16)27-9-2-5-20(27)15-26-10-8-21-18(14-26)13-24-22(25-21)17-6-7-17/h1-5,9,11,13,17H,6-8,10,14-15H2. The molecule has 2 aromatic heterocycles. The monoisotopic (exact) mass is 355 g/mol. The lowest BCUT2D eigenvalue weighted by Crippen LogP contribution is -2.31.